The summed E-state index contributed by atoms with van der Waals surface area (Å²) in [5.74, 6) is -0.334. The van der Waals surface area contributed by atoms with Crippen LogP contribution in [0.5, 0.6) is 0 Å². The molecule has 0 unspecified atom stereocenters. The Morgan fingerprint density at radius 2 is 2.16 bits per heavy atom. The molecule has 3 aliphatic heterocycles. The Bertz CT molecular complexity index is 1080. The second kappa shape index (κ2) is 7.08. The van der Waals surface area contributed by atoms with Crippen molar-refractivity contribution in [3.63, 3.8) is 0 Å². The summed E-state index contributed by atoms with van der Waals surface area (Å²) in [5.41, 5.74) is -0.243. The number of fused-ring (bicyclic) bond motifs is 3. The first-order chi connectivity index (χ1) is 14.7. The maximum atomic E-state index is 13.9. The van der Waals surface area contributed by atoms with E-state index in [1.165, 1.54) is 27.6 Å². The van der Waals surface area contributed by atoms with Gasteiger partial charge in [0.15, 0.2) is 5.78 Å². The molecule has 166 valence electrons. The third-order valence-electron chi connectivity index (χ3n) is 6.23. The highest BCUT2D eigenvalue weighted by Crippen LogP contribution is 2.36. The highest BCUT2D eigenvalue weighted by atomic mass is 19.4. The number of rotatable bonds is 4. The van der Waals surface area contributed by atoms with E-state index < -0.39 is 30.1 Å². The number of morpholine rings is 1. The standard InChI is InChI=1S/C19H21F3N6O3/c1-25-13(2-4-23-25)14(29)9-28-15(19(20,21)22)3-5-26-17(30)7-16(24-18(26)28)27-8-12-6-11(27)10-31-12/h2,4,7,11-12,15H,3,5-6,8-10H2,1H3/t11-,12+,15-/m0/s1. The first kappa shape index (κ1) is 20.0. The Kier molecular flexibility index (Phi) is 4.57. The van der Waals surface area contributed by atoms with E-state index in [0.717, 1.165) is 11.3 Å². The number of aromatic nitrogens is 4. The molecule has 0 radical (unpaired) electrons. The number of alkyl halides is 3. The smallest absolute Gasteiger partial charge is 0.374 e. The van der Waals surface area contributed by atoms with Gasteiger partial charge < -0.3 is 14.5 Å². The van der Waals surface area contributed by atoms with Gasteiger partial charge in [-0.15, -0.1) is 0 Å². The second-order valence-electron chi connectivity index (χ2n) is 8.14. The molecule has 2 aromatic rings. The Labute approximate surface area is 175 Å². The number of hydrogen-bond acceptors (Lipinski definition) is 7. The molecular weight excluding hydrogens is 417 g/mol. The van der Waals surface area contributed by atoms with Crippen LogP contribution in [0.25, 0.3) is 0 Å². The number of Topliss-reactive ketones (excluding diaryl/α,β-unsaturated/α-hetero) is 1. The van der Waals surface area contributed by atoms with E-state index in [9.17, 15) is 22.8 Å². The van der Waals surface area contributed by atoms with Gasteiger partial charge in [-0.1, -0.05) is 0 Å². The van der Waals surface area contributed by atoms with Crippen LogP contribution in [0.15, 0.2) is 23.1 Å². The molecule has 0 amide bonds. The van der Waals surface area contributed by atoms with Crippen molar-refractivity contribution in [2.24, 2.45) is 7.05 Å². The summed E-state index contributed by atoms with van der Waals surface area (Å²) in [6, 6.07) is 0.947. The molecule has 2 bridgehead atoms. The van der Waals surface area contributed by atoms with Crippen molar-refractivity contribution in [2.75, 3.05) is 29.5 Å². The number of anilines is 2. The molecule has 0 aliphatic carbocycles. The normalized spacial score (nSPS) is 25.2. The van der Waals surface area contributed by atoms with Gasteiger partial charge in [0.25, 0.3) is 5.56 Å². The van der Waals surface area contributed by atoms with Crippen molar-refractivity contribution in [2.45, 2.75) is 43.8 Å². The average molecular weight is 438 g/mol. The monoisotopic (exact) mass is 438 g/mol. The SMILES string of the molecule is Cn1nccc1C(=O)CN1c2nc(N3C[C@H]4C[C@H]3CO4)cc(=O)n2CC[C@H]1C(F)(F)F. The van der Waals surface area contributed by atoms with Crippen LogP contribution in [-0.2, 0) is 18.3 Å². The van der Waals surface area contributed by atoms with Crippen LogP contribution >= 0.6 is 0 Å². The first-order valence-corrected chi connectivity index (χ1v) is 10.1. The molecule has 2 fully saturated rings. The fourth-order valence-corrected chi connectivity index (χ4v) is 4.69. The van der Waals surface area contributed by atoms with Crippen LogP contribution in [-0.4, -0.2) is 69.2 Å². The molecule has 0 N–H and O–H groups in total. The number of nitrogens with zero attached hydrogens (tertiary/aromatic N) is 6. The maximum absolute atomic E-state index is 13.9. The molecule has 3 aliphatic rings. The Hall–Kier alpha value is -2.89. The second-order valence-corrected chi connectivity index (χ2v) is 8.14. The number of aryl methyl sites for hydroxylation is 1. The zero-order valence-corrected chi connectivity index (χ0v) is 16.7. The summed E-state index contributed by atoms with van der Waals surface area (Å²) in [6.45, 7) is 0.363. The zero-order chi connectivity index (χ0) is 21.9. The summed E-state index contributed by atoms with van der Waals surface area (Å²) in [7, 11) is 1.55. The van der Waals surface area contributed by atoms with Crippen LogP contribution < -0.4 is 15.4 Å². The largest absolute Gasteiger partial charge is 0.408 e. The molecule has 31 heavy (non-hydrogen) atoms. The van der Waals surface area contributed by atoms with Gasteiger partial charge in [0.2, 0.25) is 5.95 Å². The lowest BCUT2D eigenvalue weighted by Gasteiger charge is -2.39. The summed E-state index contributed by atoms with van der Waals surface area (Å²) >= 11 is 0. The first-order valence-electron chi connectivity index (χ1n) is 10.1. The van der Waals surface area contributed by atoms with Crippen molar-refractivity contribution >= 4 is 17.5 Å². The van der Waals surface area contributed by atoms with E-state index in [1.54, 1.807) is 7.05 Å². The quantitative estimate of drug-likeness (QED) is 0.658. The topological polar surface area (TPSA) is 85.5 Å². The molecule has 0 saturated carbocycles. The van der Waals surface area contributed by atoms with Crippen molar-refractivity contribution in [3.05, 3.63) is 34.4 Å². The number of ether oxygens (including phenoxy) is 1. The van der Waals surface area contributed by atoms with Crippen LogP contribution in [0.4, 0.5) is 24.9 Å². The van der Waals surface area contributed by atoms with E-state index >= 15 is 0 Å². The van der Waals surface area contributed by atoms with Gasteiger partial charge >= 0.3 is 6.18 Å². The van der Waals surface area contributed by atoms with Gasteiger partial charge in [0.05, 0.1) is 25.3 Å². The predicted octanol–water partition coefficient (Wildman–Crippen LogP) is 0.978. The molecule has 9 nitrogen and oxygen atoms in total. The number of ketones is 1. The minimum Gasteiger partial charge on any atom is -0.374 e. The number of halogens is 3. The fraction of sp³-hybridized carbons (Fsp3) is 0.579. The number of carbonyl (C=O) groups excluding carboxylic acids is 1. The lowest BCUT2D eigenvalue weighted by molar-refractivity contribution is -0.152. The Balaban J connectivity index is 1.55. The fourth-order valence-electron chi connectivity index (χ4n) is 4.69. The third kappa shape index (κ3) is 3.38. The van der Waals surface area contributed by atoms with Gasteiger partial charge in [-0.05, 0) is 18.9 Å². The molecule has 2 aromatic heterocycles. The summed E-state index contributed by atoms with van der Waals surface area (Å²) in [5, 5.41) is 3.91. The van der Waals surface area contributed by atoms with Crippen molar-refractivity contribution in [1.82, 2.24) is 19.3 Å². The van der Waals surface area contributed by atoms with E-state index in [0.29, 0.717) is 19.0 Å². The summed E-state index contributed by atoms with van der Waals surface area (Å²) < 4.78 is 49.7. The Morgan fingerprint density at radius 3 is 2.77 bits per heavy atom. The molecule has 3 atom stereocenters. The van der Waals surface area contributed by atoms with Crippen LogP contribution in [0.3, 0.4) is 0 Å². The van der Waals surface area contributed by atoms with Crippen molar-refractivity contribution < 1.29 is 22.7 Å². The van der Waals surface area contributed by atoms with Crippen molar-refractivity contribution in [3.8, 4) is 0 Å². The molecule has 0 aromatic carbocycles. The predicted molar refractivity (Wildman–Crippen MR) is 103 cm³/mol. The molecule has 2 saturated heterocycles. The maximum Gasteiger partial charge on any atom is 0.408 e. The summed E-state index contributed by atoms with van der Waals surface area (Å²) in [6.07, 6.45) is -2.67. The zero-order valence-electron chi connectivity index (χ0n) is 16.7. The molecular formula is C19H21F3N6O3. The molecule has 5 rings (SSSR count). The average Bonchev–Trinajstić information content (AvgIpc) is 3.44. The lowest BCUT2D eigenvalue weighted by Crippen LogP contribution is -2.54. The molecule has 12 heteroatoms. The van der Waals surface area contributed by atoms with Crippen LogP contribution in [0.1, 0.15) is 23.3 Å². The summed E-state index contributed by atoms with van der Waals surface area (Å²) in [4.78, 5) is 32.9. The van der Waals surface area contributed by atoms with Gasteiger partial charge in [-0.25, -0.2) is 0 Å². The highest BCUT2D eigenvalue weighted by Gasteiger charge is 2.48. The number of carbonyl (C=O) groups is 1. The third-order valence-corrected chi connectivity index (χ3v) is 6.23. The molecule has 0 spiro atoms. The van der Waals surface area contributed by atoms with E-state index in [-0.39, 0.29) is 36.8 Å². The highest BCUT2D eigenvalue weighted by molar-refractivity contribution is 5.97. The van der Waals surface area contributed by atoms with Gasteiger partial charge in [-0.3, -0.25) is 18.8 Å². The minimum atomic E-state index is -4.58. The van der Waals surface area contributed by atoms with Crippen LogP contribution in [0.2, 0.25) is 0 Å². The minimum absolute atomic E-state index is 0.0380. The molecule has 5 heterocycles. The van der Waals surface area contributed by atoms with Gasteiger partial charge in [0.1, 0.15) is 17.6 Å². The van der Waals surface area contributed by atoms with E-state index in [4.69, 9.17) is 4.74 Å². The lowest BCUT2D eigenvalue weighted by atomic mass is 10.1. The van der Waals surface area contributed by atoms with E-state index in [1.807, 2.05) is 4.90 Å². The van der Waals surface area contributed by atoms with Crippen molar-refractivity contribution in [1.29, 1.82) is 0 Å². The number of hydrogen-bond donors (Lipinski definition) is 0. The van der Waals surface area contributed by atoms with Gasteiger partial charge in [-0.2, -0.15) is 23.3 Å². The van der Waals surface area contributed by atoms with Gasteiger partial charge in [0, 0.05) is 32.4 Å². The Morgan fingerprint density at radius 1 is 1.35 bits per heavy atom. The van der Waals surface area contributed by atoms with E-state index in [2.05, 4.69) is 10.1 Å². The van der Waals surface area contributed by atoms with Crippen LogP contribution in [0, 0.1) is 0 Å².